The molecule has 0 aliphatic heterocycles. The molecule has 0 heterocycles. The van der Waals surface area contributed by atoms with Crippen LogP contribution in [0.25, 0.3) is 0 Å². The maximum absolute atomic E-state index is 9.77. The maximum Gasteiger partial charge on any atom is 0.335 e. The minimum atomic E-state index is -2.27. The van der Waals surface area contributed by atoms with Crippen molar-refractivity contribution in [3.05, 3.63) is 35.4 Å². The molecule has 1 aliphatic carbocycles. The van der Waals surface area contributed by atoms with Gasteiger partial charge >= 0.3 is 11.9 Å². The summed E-state index contributed by atoms with van der Waals surface area (Å²) in [5.74, 6) is -3.54. The van der Waals surface area contributed by atoms with E-state index in [9.17, 15) is 9.59 Å². The number of hydrogen-bond acceptors (Lipinski definition) is 5. The van der Waals surface area contributed by atoms with Crippen molar-refractivity contribution in [2.45, 2.75) is 37.5 Å². The molecule has 0 spiro atoms. The number of aliphatic carboxylic acids is 2. The molecule has 0 bridgehead atoms. The Bertz CT molecular complexity index is 486. The molecule has 0 fully saturated rings. The molecule has 21 heavy (non-hydrogen) atoms. The van der Waals surface area contributed by atoms with Crippen LogP contribution < -0.4 is 5.73 Å². The molecule has 0 saturated heterocycles. The highest BCUT2D eigenvalue weighted by Gasteiger charge is 2.29. The summed E-state index contributed by atoms with van der Waals surface area (Å²) in [6.07, 6.45) is -0.922. The summed E-state index contributed by atoms with van der Waals surface area (Å²) in [7, 11) is 0. The van der Waals surface area contributed by atoms with Gasteiger partial charge in [-0.25, -0.2) is 9.59 Å². The number of nitrogens with two attached hydrogens (primary N) is 1. The first kappa shape index (κ1) is 17.1. The van der Waals surface area contributed by atoms with E-state index in [0.29, 0.717) is 6.04 Å². The summed E-state index contributed by atoms with van der Waals surface area (Å²) in [5, 5.41) is 32.5. The first-order chi connectivity index (χ1) is 9.84. The van der Waals surface area contributed by atoms with Crippen LogP contribution in [0, 0.1) is 0 Å². The van der Waals surface area contributed by atoms with Crippen LogP contribution in [0.2, 0.25) is 0 Å². The van der Waals surface area contributed by atoms with Crippen molar-refractivity contribution in [1.82, 2.24) is 0 Å². The average molecular weight is 297 g/mol. The van der Waals surface area contributed by atoms with Crippen molar-refractivity contribution in [2.24, 2.45) is 5.73 Å². The van der Waals surface area contributed by atoms with Crippen molar-refractivity contribution in [3.63, 3.8) is 0 Å². The standard InChI is InChI=1S/C10H13N.C4H6O6/c11-10-7-3-5-8-4-1-2-6-9(8)10;5-1(3(7)8)2(6)4(9)10/h1-2,4,6,10H,3,5,7,11H2;1-2,5-6H,(H,7,8)(H,9,10)/t10-;1-,2-/m00/s1. The normalized spacial score (nSPS) is 19.5. The molecule has 1 aliphatic rings. The number of hydrogen-bond donors (Lipinski definition) is 5. The number of benzene rings is 1. The van der Waals surface area contributed by atoms with E-state index in [1.165, 1.54) is 24.0 Å². The van der Waals surface area contributed by atoms with Crippen LogP contribution >= 0.6 is 0 Å². The molecule has 0 aromatic heterocycles. The van der Waals surface area contributed by atoms with Gasteiger partial charge in [0.05, 0.1) is 0 Å². The van der Waals surface area contributed by atoms with Crippen molar-refractivity contribution in [2.75, 3.05) is 0 Å². The van der Waals surface area contributed by atoms with E-state index < -0.39 is 24.1 Å². The highest BCUT2D eigenvalue weighted by molar-refractivity contribution is 5.83. The molecule has 116 valence electrons. The molecule has 0 amide bonds. The van der Waals surface area contributed by atoms with Gasteiger partial charge in [0.2, 0.25) is 0 Å². The summed E-state index contributed by atoms with van der Waals surface area (Å²) in [4.78, 5) is 19.5. The van der Waals surface area contributed by atoms with Crippen molar-refractivity contribution in [1.29, 1.82) is 0 Å². The monoisotopic (exact) mass is 297 g/mol. The van der Waals surface area contributed by atoms with Gasteiger partial charge in [-0.05, 0) is 30.4 Å². The maximum atomic E-state index is 9.77. The number of aryl methyl sites for hydroxylation is 1. The van der Waals surface area contributed by atoms with Gasteiger partial charge in [-0.1, -0.05) is 24.3 Å². The van der Waals surface area contributed by atoms with Gasteiger partial charge < -0.3 is 26.2 Å². The zero-order valence-corrected chi connectivity index (χ0v) is 11.3. The lowest BCUT2D eigenvalue weighted by atomic mass is 9.88. The van der Waals surface area contributed by atoms with E-state index in [0.717, 1.165) is 6.42 Å². The smallest absolute Gasteiger partial charge is 0.335 e. The average Bonchev–Trinajstić information content (AvgIpc) is 2.46. The van der Waals surface area contributed by atoms with Gasteiger partial charge in [-0.15, -0.1) is 0 Å². The van der Waals surface area contributed by atoms with Crippen LogP contribution in [0.4, 0.5) is 0 Å². The summed E-state index contributed by atoms with van der Waals surface area (Å²) in [6, 6.07) is 8.80. The van der Waals surface area contributed by atoms with Crippen LogP contribution in [0.5, 0.6) is 0 Å². The van der Waals surface area contributed by atoms with Crippen LogP contribution in [-0.4, -0.2) is 44.6 Å². The third kappa shape index (κ3) is 4.82. The Balaban J connectivity index is 0.000000212. The molecule has 1 aromatic rings. The molecule has 0 saturated carbocycles. The van der Waals surface area contributed by atoms with Gasteiger partial charge in [0.25, 0.3) is 0 Å². The van der Waals surface area contributed by atoms with E-state index in [1.807, 2.05) is 0 Å². The SMILES string of the molecule is N[C@H]1CCCc2ccccc21.O=C(O)[C@@H](O)[C@H](O)C(=O)O. The van der Waals surface area contributed by atoms with Gasteiger partial charge in [0.15, 0.2) is 12.2 Å². The number of aliphatic hydroxyl groups is 2. The fourth-order valence-electron chi connectivity index (χ4n) is 2.06. The Hall–Kier alpha value is -1.96. The Morgan fingerprint density at radius 1 is 1.10 bits per heavy atom. The largest absolute Gasteiger partial charge is 0.479 e. The van der Waals surface area contributed by atoms with Crippen molar-refractivity contribution < 1.29 is 30.0 Å². The molecule has 0 unspecified atom stereocenters. The number of fused-ring (bicyclic) bond motifs is 1. The Morgan fingerprint density at radius 2 is 1.62 bits per heavy atom. The van der Waals surface area contributed by atoms with Crippen molar-refractivity contribution in [3.8, 4) is 0 Å². The lowest BCUT2D eigenvalue weighted by Gasteiger charge is -2.21. The van der Waals surface area contributed by atoms with Gasteiger partial charge in [-0.3, -0.25) is 0 Å². The molecule has 3 atom stereocenters. The minimum absolute atomic E-state index is 0.292. The molecule has 2 rings (SSSR count). The van der Waals surface area contributed by atoms with Gasteiger partial charge in [0.1, 0.15) is 0 Å². The van der Waals surface area contributed by atoms with E-state index in [-0.39, 0.29) is 0 Å². The van der Waals surface area contributed by atoms with Gasteiger partial charge in [-0.2, -0.15) is 0 Å². The first-order valence-electron chi connectivity index (χ1n) is 6.49. The topological polar surface area (TPSA) is 141 Å². The Kier molecular flexibility index (Phi) is 6.29. The lowest BCUT2D eigenvalue weighted by molar-refractivity contribution is -0.165. The minimum Gasteiger partial charge on any atom is -0.479 e. The number of carbonyl (C=O) groups is 2. The Labute approximate surface area is 121 Å². The third-order valence-corrected chi connectivity index (χ3v) is 3.22. The molecular formula is C14H19NO6. The van der Waals surface area contributed by atoms with Crippen molar-refractivity contribution >= 4 is 11.9 Å². The number of carboxylic acid groups (broad SMARTS) is 2. The summed E-state index contributed by atoms with van der Waals surface area (Å²) in [6.45, 7) is 0. The molecule has 7 nitrogen and oxygen atoms in total. The zero-order chi connectivity index (χ0) is 16.0. The lowest BCUT2D eigenvalue weighted by Crippen LogP contribution is -2.39. The summed E-state index contributed by atoms with van der Waals surface area (Å²) < 4.78 is 0. The first-order valence-corrected chi connectivity index (χ1v) is 6.49. The van der Waals surface area contributed by atoms with E-state index >= 15 is 0 Å². The summed E-state index contributed by atoms with van der Waals surface area (Å²) in [5.41, 5.74) is 8.76. The van der Waals surface area contributed by atoms with Crippen LogP contribution in [-0.2, 0) is 16.0 Å². The fourth-order valence-corrected chi connectivity index (χ4v) is 2.06. The molecule has 6 N–H and O–H groups in total. The number of aliphatic hydroxyl groups excluding tert-OH is 2. The second-order valence-corrected chi connectivity index (χ2v) is 4.76. The molecule has 1 aromatic carbocycles. The zero-order valence-electron chi connectivity index (χ0n) is 11.3. The quantitative estimate of drug-likeness (QED) is 0.524. The molecular weight excluding hydrogens is 278 g/mol. The van der Waals surface area contributed by atoms with Crippen LogP contribution in [0.1, 0.15) is 30.0 Å². The van der Waals surface area contributed by atoms with Gasteiger partial charge in [0, 0.05) is 6.04 Å². The van der Waals surface area contributed by atoms with E-state index in [4.69, 9.17) is 26.2 Å². The highest BCUT2D eigenvalue weighted by Crippen LogP contribution is 2.26. The number of rotatable bonds is 3. The molecule has 7 heteroatoms. The molecule has 0 radical (unpaired) electrons. The second kappa shape index (κ2) is 7.72. The predicted octanol–water partition coefficient (Wildman–Crippen LogP) is -0.0999. The highest BCUT2D eigenvalue weighted by atomic mass is 16.4. The predicted molar refractivity (Wildman–Crippen MR) is 73.6 cm³/mol. The fraction of sp³-hybridized carbons (Fsp3) is 0.429. The third-order valence-electron chi connectivity index (χ3n) is 3.22. The van der Waals surface area contributed by atoms with Crippen LogP contribution in [0.3, 0.4) is 0 Å². The Morgan fingerprint density at radius 3 is 2.10 bits per heavy atom. The number of carboxylic acids is 2. The summed E-state index contributed by atoms with van der Waals surface area (Å²) >= 11 is 0. The van der Waals surface area contributed by atoms with Crippen LogP contribution in [0.15, 0.2) is 24.3 Å². The van der Waals surface area contributed by atoms with E-state index in [2.05, 4.69) is 24.3 Å². The van der Waals surface area contributed by atoms with E-state index in [1.54, 1.807) is 0 Å². The second-order valence-electron chi connectivity index (χ2n) is 4.76.